The number of aromatic carboxylic acids is 1. The summed E-state index contributed by atoms with van der Waals surface area (Å²) in [6.07, 6.45) is 6.03. The molecule has 0 radical (unpaired) electrons. The number of nitrogens with zero attached hydrogens (tertiary/aromatic N) is 3. The van der Waals surface area contributed by atoms with Gasteiger partial charge >= 0.3 is 5.97 Å². The summed E-state index contributed by atoms with van der Waals surface area (Å²) >= 11 is 6.25. The standard InChI is InChI=1S/C27H30ClN3O3/c28-19-7-6-8-21(17-19)31-24(25(27(33)34)22-9-2-3-10-23(22)26(31)32)18-29-15-11-20(12-16-29)30-13-4-1-5-14-30/h2-3,6-10,17,20H,1,4-5,11-16,18H2,(H,33,34). The van der Waals surface area contributed by atoms with E-state index in [1.54, 1.807) is 53.1 Å². The van der Waals surface area contributed by atoms with E-state index in [1.807, 2.05) is 0 Å². The Morgan fingerprint density at radius 2 is 1.65 bits per heavy atom. The van der Waals surface area contributed by atoms with Crippen molar-refractivity contribution < 1.29 is 9.90 Å². The third kappa shape index (κ3) is 4.50. The molecule has 1 aromatic heterocycles. The number of carbonyl (C=O) groups is 1. The monoisotopic (exact) mass is 479 g/mol. The summed E-state index contributed by atoms with van der Waals surface area (Å²) in [4.78, 5) is 31.1. The van der Waals surface area contributed by atoms with E-state index >= 15 is 0 Å². The largest absolute Gasteiger partial charge is 0.478 e. The van der Waals surface area contributed by atoms with Gasteiger partial charge in [-0.15, -0.1) is 0 Å². The van der Waals surface area contributed by atoms with Crippen molar-refractivity contribution >= 4 is 28.3 Å². The average Bonchev–Trinajstić information content (AvgIpc) is 2.85. The topological polar surface area (TPSA) is 65.8 Å². The zero-order valence-electron chi connectivity index (χ0n) is 19.3. The second kappa shape index (κ2) is 9.90. The minimum atomic E-state index is -1.02. The predicted octanol–water partition coefficient (Wildman–Crippen LogP) is 4.79. The highest BCUT2D eigenvalue weighted by Crippen LogP contribution is 2.27. The van der Waals surface area contributed by atoms with E-state index in [9.17, 15) is 14.7 Å². The summed E-state index contributed by atoms with van der Waals surface area (Å²) < 4.78 is 1.55. The minimum Gasteiger partial charge on any atom is -0.478 e. The number of carboxylic acid groups (broad SMARTS) is 1. The zero-order valence-corrected chi connectivity index (χ0v) is 20.0. The van der Waals surface area contributed by atoms with Gasteiger partial charge < -0.3 is 10.0 Å². The summed E-state index contributed by atoms with van der Waals surface area (Å²) in [7, 11) is 0. The maximum atomic E-state index is 13.6. The van der Waals surface area contributed by atoms with Crippen molar-refractivity contribution in [3.05, 3.63) is 75.2 Å². The van der Waals surface area contributed by atoms with Crippen LogP contribution < -0.4 is 5.56 Å². The molecule has 5 rings (SSSR count). The summed E-state index contributed by atoms with van der Waals surface area (Å²) in [5.74, 6) is -1.02. The van der Waals surface area contributed by atoms with E-state index < -0.39 is 5.97 Å². The smallest absolute Gasteiger partial charge is 0.338 e. The van der Waals surface area contributed by atoms with Crippen LogP contribution in [0.15, 0.2) is 53.3 Å². The van der Waals surface area contributed by atoms with Gasteiger partial charge in [-0.3, -0.25) is 14.3 Å². The maximum Gasteiger partial charge on any atom is 0.338 e. The number of likely N-dealkylation sites (tertiary alicyclic amines) is 2. The second-order valence-corrected chi connectivity index (χ2v) is 9.83. The van der Waals surface area contributed by atoms with E-state index in [2.05, 4.69) is 9.80 Å². The zero-order chi connectivity index (χ0) is 23.7. The molecule has 3 aromatic rings. The van der Waals surface area contributed by atoms with Crippen molar-refractivity contribution in [2.45, 2.75) is 44.7 Å². The van der Waals surface area contributed by atoms with Crippen LogP contribution in [0.25, 0.3) is 16.5 Å². The van der Waals surface area contributed by atoms with E-state index in [1.165, 1.54) is 32.4 Å². The summed E-state index contributed by atoms with van der Waals surface area (Å²) in [6.45, 7) is 4.55. The van der Waals surface area contributed by atoms with Crippen molar-refractivity contribution in [1.82, 2.24) is 14.4 Å². The fraction of sp³-hybridized carbons (Fsp3) is 0.407. The van der Waals surface area contributed by atoms with Crippen LogP contribution in [0.5, 0.6) is 0 Å². The first-order valence-electron chi connectivity index (χ1n) is 12.1. The molecule has 2 aliphatic heterocycles. The van der Waals surface area contributed by atoms with Crippen LogP contribution in [0.2, 0.25) is 5.02 Å². The summed E-state index contributed by atoms with van der Waals surface area (Å²) in [6, 6.07) is 14.6. The number of piperidine rings is 2. The minimum absolute atomic E-state index is 0.188. The van der Waals surface area contributed by atoms with E-state index in [0.29, 0.717) is 39.8 Å². The highest BCUT2D eigenvalue weighted by molar-refractivity contribution is 6.30. The third-order valence-electron chi connectivity index (χ3n) is 7.31. The Labute approximate surface area is 204 Å². The molecular weight excluding hydrogens is 450 g/mol. The lowest BCUT2D eigenvalue weighted by atomic mass is 9.98. The van der Waals surface area contributed by atoms with Crippen LogP contribution in [0.4, 0.5) is 0 Å². The molecule has 0 bridgehead atoms. The second-order valence-electron chi connectivity index (χ2n) is 9.40. The molecule has 0 spiro atoms. The lowest BCUT2D eigenvalue weighted by Gasteiger charge is -2.40. The molecule has 0 atom stereocenters. The number of rotatable bonds is 5. The number of halogens is 1. The molecule has 0 unspecified atom stereocenters. The van der Waals surface area contributed by atoms with E-state index in [0.717, 1.165) is 25.9 Å². The molecular formula is C27H30ClN3O3. The fourth-order valence-corrected chi connectivity index (χ4v) is 5.80. The molecule has 0 aliphatic carbocycles. The first-order chi connectivity index (χ1) is 16.5. The molecule has 2 aliphatic rings. The first kappa shape index (κ1) is 23.1. The Balaban J connectivity index is 1.54. The summed E-state index contributed by atoms with van der Waals surface area (Å²) in [5.41, 5.74) is 1.06. The number of carboxylic acids is 1. The molecule has 2 saturated heterocycles. The van der Waals surface area contributed by atoms with Gasteiger partial charge in [0, 0.05) is 41.5 Å². The SMILES string of the molecule is O=C(O)c1c(CN2CCC(N3CCCCC3)CC2)n(-c2cccc(Cl)c2)c(=O)c2ccccc12. The van der Waals surface area contributed by atoms with Crippen LogP contribution in [0.1, 0.15) is 48.2 Å². The number of hydrogen-bond acceptors (Lipinski definition) is 4. The van der Waals surface area contributed by atoms with Crippen molar-refractivity contribution in [2.75, 3.05) is 26.2 Å². The quantitative estimate of drug-likeness (QED) is 0.569. The third-order valence-corrected chi connectivity index (χ3v) is 7.54. The number of hydrogen-bond donors (Lipinski definition) is 1. The van der Waals surface area contributed by atoms with Gasteiger partial charge in [0.05, 0.1) is 16.9 Å². The Kier molecular flexibility index (Phi) is 6.73. The Bertz CT molecular complexity index is 1260. The molecule has 7 heteroatoms. The van der Waals surface area contributed by atoms with Crippen molar-refractivity contribution in [2.24, 2.45) is 0 Å². The van der Waals surface area contributed by atoms with Crippen LogP contribution in [0, 0.1) is 0 Å². The van der Waals surface area contributed by atoms with Gasteiger partial charge in [0.2, 0.25) is 0 Å². The molecule has 1 N–H and O–H groups in total. The number of aromatic nitrogens is 1. The Hall–Kier alpha value is -2.67. The molecule has 2 aromatic carbocycles. The van der Waals surface area contributed by atoms with Gasteiger partial charge in [-0.25, -0.2) is 4.79 Å². The maximum absolute atomic E-state index is 13.6. The first-order valence-corrected chi connectivity index (χ1v) is 12.5. The highest BCUT2D eigenvalue weighted by atomic mass is 35.5. The van der Waals surface area contributed by atoms with Crippen LogP contribution in [0.3, 0.4) is 0 Å². The molecule has 6 nitrogen and oxygen atoms in total. The fourth-order valence-electron chi connectivity index (χ4n) is 5.61. The lowest BCUT2D eigenvalue weighted by Crippen LogP contribution is -2.46. The average molecular weight is 480 g/mol. The molecule has 0 saturated carbocycles. The Morgan fingerprint density at radius 3 is 2.32 bits per heavy atom. The predicted molar refractivity (Wildman–Crippen MR) is 135 cm³/mol. The molecule has 3 heterocycles. The Morgan fingerprint density at radius 1 is 0.941 bits per heavy atom. The molecule has 2 fully saturated rings. The normalized spacial score (nSPS) is 18.4. The van der Waals surface area contributed by atoms with Gasteiger partial charge in [0.15, 0.2) is 0 Å². The van der Waals surface area contributed by atoms with E-state index in [4.69, 9.17) is 11.6 Å². The lowest BCUT2D eigenvalue weighted by molar-refractivity contribution is 0.0690. The van der Waals surface area contributed by atoms with Gasteiger partial charge in [-0.1, -0.05) is 42.3 Å². The molecule has 0 amide bonds. The van der Waals surface area contributed by atoms with Gasteiger partial charge in [-0.05, 0) is 63.0 Å². The van der Waals surface area contributed by atoms with Gasteiger partial charge in [-0.2, -0.15) is 0 Å². The van der Waals surface area contributed by atoms with Crippen LogP contribution in [-0.2, 0) is 6.54 Å². The number of pyridine rings is 1. The molecule has 178 valence electrons. The highest BCUT2D eigenvalue weighted by Gasteiger charge is 2.28. The molecule has 34 heavy (non-hydrogen) atoms. The number of benzene rings is 2. The van der Waals surface area contributed by atoms with Gasteiger partial charge in [0.1, 0.15) is 0 Å². The van der Waals surface area contributed by atoms with Crippen LogP contribution >= 0.6 is 11.6 Å². The number of fused-ring (bicyclic) bond motifs is 1. The van der Waals surface area contributed by atoms with Gasteiger partial charge in [0.25, 0.3) is 5.56 Å². The van der Waals surface area contributed by atoms with Crippen molar-refractivity contribution in [3.8, 4) is 5.69 Å². The summed E-state index contributed by atoms with van der Waals surface area (Å²) in [5, 5.41) is 11.6. The van der Waals surface area contributed by atoms with E-state index in [-0.39, 0.29) is 11.1 Å². The van der Waals surface area contributed by atoms with Crippen molar-refractivity contribution in [1.29, 1.82) is 0 Å². The van der Waals surface area contributed by atoms with Crippen molar-refractivity contribution in [3.63, 3.8) is 0 Å². The van der Waals surface area contributed by atoms with Crippen LogP contribution in [-0.4, -0.2) is 57.7 Å².